The SMILES string of the molecule is Cc1c(N)c(CS)cc(CS)c1N. The van der Waals surface area contributed by atoms with Crippen LogP contribution >= 0.6 is 25.3 Å². The van der Waals surface area contributed by atoms with Gasteiger partial charge in [-0.3, -0.25) is 0 Å². The molecule has 0 fully saturated rings. The van der Waals surface area contributed by atoms with Crippen LogP contribution < -0.4 is 11.5 Å². The molecule has 0 saturated carbocycles. The van der Waals surface area contributed by atoms with Gasteiger partial charge in [0.15, 0.2) is 0 Å². The molecule has 0 radical (unpaired) electrons. The largest absolute Gasteiger partial charge is 0.398 e. The summed E-state index contributed by atoms with van der Waals surface area (Å²) in [4.78, 5) is 0. The number of nitrogen functional groups attached to an aromatic ring is 2. The zero-order valence-electron chi connectivity index (χ0n) is 7.54. The topological polar surface area (TPSA) is 52.0 Å². The molecule has 0 saturated heterocycles. The van der Waals surface area contributed by atoms with Gasteiger partial charge in [0, 0.05) is 22.9 Å². The van der Waals surface area contributed by atoms with Gasteiger partial charge in [-0.15, -0.1) is 0 Å². The summed E-state index contributed by atoms with van der Waals surface area (Å²) in [5.74, 6) is 1.27. The van der Waals surface area contributed by atoms with Gasteiger partial charge in [0.05, 0.1) is 0 Å². The predicted octanol–water partition coefficient (Wildman–Crippen LogP) is 2.02. The Morgan fingerprint density at radius 1 is 1.08 bits per heavy atom. The molecular formula is C9H14N2S2. The zero-order valence-corrected chi connectivity index (χ0v) is 9.33. The normalized spacial score (nSPS) is 10.4. The molecule has 1 aromatic carbocycles. The smallest absolute Gasteiger partial charge is 0.0405 e. The second-order valence-electron chi connectivity index (χ2n) is 2.96. The molecule has 0 aliphatic heterocycles. The first-order valence-electron chi connectivity index (χ1n) is 3.99. The second-order valence-corrected chi connectivity index (χ2v) is 3.60. The molecule has 4 N–H and O–H groups in total. The van der Waals surface area contributed by atoms with Crippen LogP contribution in [0.5, 0.6) is 0 Å². The van der Waals surface area contributed by atoms with Crippen LogP contribution in [-0.2, 0) is 11.5 Å². The lowest BCUT2D eigenvalue weighted by Gasteiger charge is -2.13. The van der Waals surface area contributed by atoms with E-state index in [0.29, 0.717) is 11.5 Å². The third-order valence-corrected chi connectivity index (χ3v) is 2.87. The molecule has 0 atom stereocenters. The minimum atomic E-state index is 0.633. The quantitative estimate of drug-likeness (QED) is 0.450. The Morgan fingerprint density at radius 2 is 1.46 bits per heavy atom. The van der Waals surface area contributed by atoms with Crippen LogP contribution in [-0.4, -0.2) is 0 Å². The van der Waals surface area contributed by atoms with E-state index < -0.39 is 0 Å². The zero-order chi connectivity index (χ0) is 10.0. The monoisotopic (exact) mass is 214 g/mol. The summed E-state index contributed by atoms with van der Waals surface area (Å²) in [5.41, 5.74) is 16.2. The molecule has 0 aromatic heterocycles. The predicted molar refractivity (Wildman–Crippen MR) is 65.4 cm³/mol. The Labute approximate surface area is 89.5 Å². The fourth-order valence-corrected chi connectivity index (χ4v) is 1.78. The molecule has 72 valence electrons. The van der Waals surface area contributed by atoms with Gasteiger partial charge in [-0.05, 0) is 23.6 Å². The molecule has 0 aliphatic rings. The van der Waals surface area contributed by atoms with E-state index in [1.165, 1.54) is 0 Å². The molecule has 0 aliphatic carbocycles. The summed E-state index contributed by atoms with van der Waals surface area (Å²) in [6.45, 7) is 1.92. The van der Waals surface area contributed by atoms with Crippen LogP contribution in [0.15, 0.2) is 6.07 Å². The summed E-state index contributed by atoms with van der Waals surface area (Å²) in [7, 11) is 0. The van der Waals surface area contributed by atoms with Gasteiger partial charge in [-0.25, -0.2) is 0 Å². The van der Waals surface area contributed by atoms with E-state index >= 15 is 0 Å². The van der Waals surface area contributed by atoms with Gasteiger partial charge >= 0.3 is 0 Å². The van der Waals surface area contributed by atoms with Crippen molar-refractivity contribution in [3.05, 3.63) is 22.8 Å². The third kappa shape index (κ3) is 1.89. The van der Waals surface area contributed by atoms with Crippen LogP contribution in [0.4, 0.5) is 11.4 Å². The van der Waals surface area contributed by atoms with Crippen molar-refractivity contribution >= 4 is 36.6 Å². The molecule has 13 heavy (non-hydrogen) atoms. The lowest BCUT2D eigenvalue weighted by molar-refractivity contribution is 1.30. The highest BCUT2D eigenvalue weighted by molar-refractivity contribution is 7.79. The number of nitrogens with two attached hydrogens (primary N) is 2. The molecule has 0 heterocycles. The number of rotatable bonds is 2. The molecule has 2 nitrogen and oxygen atoms in total. The number of benzene rings is 1. The van der Waals surface area contributed by atoms with Crippen LogP contribution in [0, 0.1) is 6.92 Å². The van der Waals surface area contributed by atoms with Gasteiger partial charge in [0.1, 0.15) is 0 Å². The number of hydrogen-bond acceptors (Lipinski definition) is 4. The van der Waals surface area contributed by atoms with Crippen molar-refractivity contribution in [1.82, 2.24) is 0 Å². The average molecular weight is 214 g/mol. The lowest BCUT2D eigenvalue weighted by Crippen LogP contribution is -2.03. The van der Waals surface area contributed by atoms with Gasteiger partial charge in [0.2, 0.25) is 0 Å². The fourth-order valence-electron chi connectivity index (χ4n) is 1.25. The first-order valence-corrected chi connectivity index (χ1v) is 5.26. The van der Waals surface area contributed by atoms with Crippen molar-refractivity contribution in [3.8, 4) is 0 Å². The maximum absolute atomic E-state index is 5.86. The Morgan fingerprint density at radius 3 is 1.77 bits per heavy atom. The minimum Gasteiger partial charge on any atom is -0.398 e. The maximum Gasteiger partial charge on any atom is 0.0405 e. The highest BCUT2D eigenvalue weighted by Gasteiger charge is 2.08. The van der Waals surface area contributed by atoms with E-state index in [1.807, 2.05) is 13.0 Å². The van der Waals surface area contributed by atoms with E-state index in [4.69, 9.17) is 11.5 Å². The summed E-state index contributed by atoms with van der Waals surface area (Å²) in [6, 6.07) is 1.97. The standard InChI is InChI=1S/C9H14N2S2/c1-5-8(10)6(3-12)2-7(4-13)9(5)11/h2,12-13H,3-4,10-11H2,1H3. The Balaban J connectivity index is 3.36. The van der Waals surface area contributed by atoms with Crippen molar-refractivity contribution in [1.29, 1.82) is 0 Å². The van der Waals surface area contributed by atoms with E-state index in [0.717, 1.165) is 28.1 Å². The lowest BCUT2D eigenvalue weighted by atomic mass is 10.0. The van der Waals surface area contributed by atoms with Crippen LogP contribution in [0.3, 0.4) is 0 Å². The second kappa shape index (κ2) is 4.15. The van der Waals surface area contributed by atoms with Gasteiger partial charge in [-0.2, -0.15) is 25.3 Å². The van der Waals surface area contributed by atoms with Crippen molar-refractivity contribution < 1.29 is 0 Å². The van der Waals surface area contributed by atoms with Crippen molar-refractivity contribution in [3.63, 3.8) is 0 Å². The van der Waals surface area contributed by atoms with Gasteiger partial charge < -0.3 is 11.5 Å². The van der Waals surface area contributed by atoms with Gasteiger partial charge in [0.25, 0.3) is 0 Å². The maximum atomic E-state index is 5.86. The molecule has 0 spiro atoms. The Hall–Kier alpha value is -0.480. The van der Waals surface area contributed by atoms with E-state index in [1.54, 1.807) is 0 Å². The van der Waals surface area contributed by atoms with Crippen molar-refractivity contribution in [2.45, 2.75) is 18.4 Å². The van der Waals surface area contributed by atoms with E-state index in [9.17, 15) is 0 Å². The van der Waals surface area contributed by atoms with E-state index in [2.05, 4.69) is 25.3 Å². The van der Waals surface area contributed by atoms with E-state index in [-0.39, 0.29) is 0 Å². The summed E-state index contributed by atoms with van der Waals surface area (Å²) < 4.78 is 0. The molecule has 4 heteroatoms. The first kappa shape index (κ1) is 10.6. The highest BCUT2D eigenvalue weighted by atomic mass is 32.1. The van der Waals surface area contributed by atoms with Crippen molar-refractivity contribution in [2.24, 2.45) is 0 Å². The number of thiol groups is 2. The Kier molecular flexibility index (Phi) is 3.39. The summed E-state index contributed by atoms with van der Waals surface area (Å²) in [6.07, 6.45) is 0. The van der Waals surface area contributed by atoms with Crippen LogP contribution in [0.1, 0.15) is 16.7 Å². The number of hydrogen-bond donors (Lipinski definition) is 4. The average Bonchev–Trinajstić information content (AvgIpc) is 2.15. The molecule has 0 amide bonds. The third-order valence-electron chi connectivity index (χ3n) is 2.19. The summed E-state index contributed by atoms with van der Waals surface area (Å²) in [5, 5.41) is 0. The number of anilines is 2. The fraction of sp³-hybridized carbons (Fsp3) is 0.333. The molecule has 1 aromatic rings. The molecule has 0 bridgehead atoms. The van der Waals surface area contributed by atoms with Gasteiger partial charge in [-0.1, -0.05) is 6.07 Å². The Bertz CT molecular complexity index is 296. The van der Waals surface area contributed by atoms with Crippen LogP contribution in [0.2, 0.25) is 0 Å². The molecule has 1 rings (SSSR count). The van der Waals surface area contributed by atoms with Crippen molar-refractivity contribution in [2.75, 3.05) is 11.5 Å². The minimum absolute atomic E-state index is 0.633. The molecule has 0 unspecified atom stereocenters. The van der Waals surface area contributed by atoms with Crippen LogP contribution in [0.25, 0.3) is 0 Å². The summed E-state index contributed by atoms with van der Waals surface area (Å²) >= 11 is 8.40. The molecular weight excluding hydrogens is 200 g/mol. The highest BCUT2D eigenvalue weighted by Crippen LogP contribution is 2.28. The first-order chi connectivity index (χ1) is 6.11.